The predicted molar refractivity (Wildman–Crippen MR) is 193 cm³/mol. The molecule has 8 nitrogen and oxygen atoms in total. The predicted octanol–water partition coefficient (Wildman–Crippen LogP) is 4.53. The zero-order chi connectivity index (χ0) is 32.4. The highest BCUT2D eigenvalue weighted by molar-refractivity contribution is 6.07. The van der Waals surface area contributed by atoms with Gasteiger partial charge in [0.15, 0.2) is 5.78 Å². The largest absolute Gasteiger partial charge is 0.508 e. The van der Waals surface area contributed by atoms with Crippen LogP contribution in [0.1, 0.15) is 88.1 Å². The number of phenolic OH excluding ortho intramolecular Hbond substituents is 2. The third-order valence-electron chi connectivity index (χ3n) is 14.8. The summed E-state index contributed by atoms with van der Waals surface area (Å²) in [7, 11) is 0. The van der Waals surface area contributed by atoms with Crippen LogP contribution in [0.15, 0.2) is 36.4 Å². The number of halogens is 2. The first-order valence-corrected chi connectivity index (χ1v) is 18.5. The molecular formula is C40H47Cl2N3O5. The standard InChI is InChI=1S/C40H45N3O5.2ClH/c44-26-7-5-24-13-33-39(47)17-28-29-18-40(48)34-14-25-6-8-27(45)16-31(25)38(40,10-12-43(34)21-23-3-4-23)36(46)35(29)41-32(28)19-37(39,30(24)15-26)9-11-42(33)20-22-1-2-22;;/h5-8,15-16,22-23,33-34,41,44-45,47-48H,1-4,9-14,17-21H2;2*1H/t33-,34-,37-,38+,39-,40-;;/m1../s1. The Morgan fingerprint density at radius 3 is 1.92 bits per heavy atom. The molecule has 4 bridgehead atoms. The summed E-state index contributed by atoms with van der Waals surface area (Å²) in [5.41, 5.74) is 3.51. The third-order valence-corrected chi connectivity index (χ3v) is 14.8. The molecule has 6 aliphatic carbocycles. The van der Waals surface area contributed by atoms with Crippen molar-refractivity contribution in [2.45, 2.75) is 105 Å². The number of nitrogens with one attached hydrogen (secondary N) is 1. The Labute approximate surface area is 305 Å². The molecule has 4 fully saturated rings. The minimum Gasteiger partial charge on any atom is -0.508 e. The minimum absolute atomic E-state index is 0. The van der Waals surface area contributed by atoms with Gasteiger partial charge in [0.1, 0.15) is 17.1 Å². The lowest BCUT2D eigenvalue weighted by atomic mass is 9.47. The SMILES string of the molecule is Cl.Cl.O=C1c2[nH]c3c(c2C[C@@]2(O)[C@H]4Cc5ccc(O)cc5[C@@]12CCN4CC1CC1)C[C@@]1(O)[C@H]2Cc4ccc(O)cc4[C@@]1(CCN2CC1CC1)C3. The molecule has 0 spiro atoms. The van der Waals surface area contributed by atoms with Crippen molar-refractivity contribution in [3.8, 4) is 11.5 Å². The molecule has 0 unspecified atom stereocenters. The second kappa shape index (κ2) is 10.7. The molecular weight excluding hydrogens is 673 g/mol. The van der Waals surface area contributed by atoms with E-state index in [-0.39, 0.29) is 54.2 Å². The molecule has 50 heavy (non-hydrogen) atoms. The summed E-state index contributed by atoms with van der Waals surface area (Å²) in [6.45, 7) is 3.63. The van der Waals surface area contributed by atoms with Gasteiger partial charge in [-0.1, -0.05) is 12.1 Å². The number of aromatic nitrogens is 1. The molecule has 6 atom stereocenters. The maximum atomic E-state index is 15.3. The van der Waals surface area contributed by atoms with E-state index < -0.39 is 22.0 Å². The van der Waals surface area contributed by atoms with Crippen molar-refractivity contribution in [3.63, 3.8) is 0 Å². The van der Waals surface area contributed by atoms with E-state index in [2.05, 4.69) is 20.9 Å². The van der Waals surface area contributed by atoms with Crippen molar-refractivity contribution in [3.05, 3.63) is 81.2 Å². The Hall–Kier alpha value is -2.59. The van der Waals surface area contributed by atoms with Gasteiger partial charge in [-0.05, 0) is 134 Å². The van der Waals surface area contributed by atoms with Crippen LogP contribution in [0.3, 0.4) is 0 Å². The Morgan fingerprint density at radius 1 is 0.720 bits per heavy atom. The van der Waals surface area contributed by atoms with Crippen LogP contribution in [0.4, 0.5) is 0 Å². The average Bonchev–Trinajstić information content (AvgIpc) is 3.99. The molecule has 2 saturated carbocycles. The summed E-state index contributed by atoms with van der Waals surface area (Å²) in [5.74, 6) is 1.66. The number of piperidine rings is 2. The van der Waals surface area contributed by atoms with E-state index in [1.807, 2.05) is 12.1 Å². The van der Waals surface area contributed by atoms with Gasteiger partial charge < -0.3 is 25.4 Å². The lowest BCUT2D eigenvalue weighted by Gasteiger charge is -2.64. The van der Waals surface area contributed by atoms with Gasteiger partial charge in [-0.15, -0.1) is 24.8 Å². The van der Waals surface area contributed by atoms with Crippen LogP contribution < -0.4 is 0 Å². The molecule has 8 aliphatic rings. The Morgan fingerprint density at radius 2 is 1.28 bits per heavy atom. The van der Waals surface area contributed by atoms with E-state index in [9.17, 15) is 20.4 Å². The summed E-state index contributed by atoms with van der Waals surface area (Å²) in [6.07, 6.45) is 9.04. The van der Waals surface area contributed by atoms with Gasteiger partial charge in [-0.2, -0.15) is 0 Å². The Bertz CT molecular complexity index is 1940. The van der Waals surface area contributed by atoms with Crippen LogP contribution in [-0.2, 0) is 42.9 Å². The zero-order valence-corrected chi connectivity index (χ0v) is 29.9. The normalized spacial score (nSPS) is 36.4. The van der Waals surface area contributed by atoms with Crippen LogP contribution in [0.5, 0.6) is 11.5 Å². The van der Waals surface area contributed by atoms with Crippen molar-refractivity contribution < 1.29 is 25.2 Å². The number of carbonyl (C=O) groups excluding carboxylic acids is 1. The van der Waals surface area contributed by atoms with E-state index in [0.29, 0.717) is 49.6 Å². The number of rotatable bonds is 4. The fourth-order valence-electron chi connectivity index (χ4n) is 12.1. The molecule has 0 amide bonds. The van der Waals surface area contributed by atoms with Crippen molar-refractivity contribution in [2.24, 2.45) is 11.8 Å². The lowest BCUT2D eigenvalue weighted by Crippen LogP contribution is -2.76. The minimum atomic E-state index is -1.32. The molecule has 5 N–H and O–H groups in total. The number of aromatic hydroxyl groups is 2. The number of ketones is 1. The zero-order valence-electron chi connectivity index (χ0n) is 28.3. The molecule has 2 aromatic carbocycles. The van der Waals surface area contributed by atoms with Crippen LogP contribution in [0.2, 0.25) is 0 Å². The number of H-pyrrole nitrogens is 1. The Kier molecular flexibility index (Phi) is 7.14. The number of phenols is 2. The first-order chi connectivity index (χ1) is 23.1. The van der Waals surface area contributed by atoms with E-state index in [4.69, 9.17) is 0 Å². The fourth-order valence-corrected chi connectivity index (χ4v) is 12.1. The maximum absolute atomic E-state index is 15.3. The summed E-state index contributed by atoms with van der Waals surface area (Å²) in [6, 6.07) is 10.9. The quantitative estimate of drug-likeness (QED) is 0.269. The number of carbonyl (C=O) groups is 1. The molecule has 2 saturated heterocycles. The van der Waals surface area contributed by atoms with E-state index in [0.717, 1.165) is 72.5 Å². The number of hydrogen-bond donors (Lipinski definition) is 5. The number of Topliss-reactive ketones (excluding diaryl/α,β-unsaturated/α-hetero) is 1. The van der Waals surface area contributed by atoms with Gasteiger partial charge in [0.2, 0.25) is 0 Å². The van der Waals surface area contributed by atoms with Crippen LogP contribution >= 0.6 is 24.8 Å². The van der Waals surface area contributed by atoms with Gasteiger partial charge in [0, 0.05) is 55.5 Å². The van der Waals surface area contributed by atoms with Gasteiger partial charge in [0.05, 0.1) is 16.7 Å². The molecule has 266 valence electrons. The highest BCUT2D eigenvalue weighted by atomic mass is 35.5. The fraction of sp³-hybridized carbons (Fsp3) is 0.575. The molecule has 1 aromatic heterocycles. The van der Waals surface area contributed by atoms with Crippen LogP contribution in [0.25, 0.3) is 0 Å². The van der Waals surface area contributed by atoms with E-state index in [1.165, 1.54) is 31.2 Å². The highest BCUT2D eigenvalue weighted by Gasteiger charge is 2.71. The maximum Gasteiger partial charge on any atom is 0.192 e. The molecule has 3 heterocycles. The number of fused-ring (bicyclic) bond motifs is 5. The number of likely N-dealkylation sites (tertiary alicyclic amines) is 2. The van der Waals surface area contributed by atoms with Gasteiger partial charge in [0.25, 0.3) is 0 Å². The lowest BCUT2D eigenvalue weighted by molar-refractivity contribution is -0.152. The van der Waals surface area contributed by atoms with Crippen molar-refractivity contribution >= 4 is 30.6 Å². The van der Waals surface area contributed by atoms with E-state index in [1.54, 1.807) is 18.2 Å². The van der Waals surface area contributed by atoms with Crippen LogP contribution in [-0.4, -0.2) is 90.5 Å². The smallest absolute Gasteiger partial charge is 0.192 e. The number of nitrogens with zero attached hydrogens (tertiary/aromatic N) is 2. The number of hydrogen-bond acceptors (Lipinski definition) is 7. The van der Waals surface area contributed by atoms with Crippen molar-refractivity contribution in [1.82, 2.24) is 14.8 Å². The second-order valence-corrected chi connectivity index (χ2v) is 17.1. The van der Waals surface area contributed by atoms with Crippen molar-refractivity contribution in [2.75, 3.05) is 26.2 Å². The van der Waals surface area contributed by atoms with Crippen molar-refractivity contribution in [1.29, 1.82) is 0 Å². The van der Waals surface area contributed by atoms with Gasteiger partial charge >= 0.3 is 0 Å². The Balaban J connectivity index is 0.00000168. The topological polar surface area (TPSA) is 120 Å². The summed E-state index contributed by atoms with van der Waals surface area (Å²) >= 11 is 0. The first kappa shape index (κ1) is 33.3. The average molecular weight is 721 g/mol. The molecule has 2 aliphatic heterocycles. The van der Waals surface area contributed by atoms with Gasteiger partial charge in [-0.3, -0.25) is 14.6 Å². The van der Waals surface area contributed by atoms with Gasteiger partial charge in [-0.25, -0.2) is 0 Å². The summed E-state index contributed by atoms with van der Waals surface area (Å²) in [5, 5.41) is 47.9. The third kappa shape index (κ3) is 4.07. The number of aromatic amines is 1. The summed E-state index contributed by atoms with van der Waals surface area (Å²) in [4.78, 5) is 24.0. The summed E-state index contributed by atoms with van der Waals surface area (Å²) < 4.78 is 0. The second-order valence-electron chi connectivity index (χ2n) is 17.1. The highest BCUT2D eigenvalue weighted by Crippen LogP contribution is 2.62. The number of aliphatic hydroxyl groups is 2. The molecule has 3 aromatic rings. The van der Waals surface area contributed by atoms with E-state index >= 15 is 4.79 Å². The molecule has 11 rings (SSSR count). The molecule has 10 heteroatoms. The first-order valence-electron chi connectivity index (χ1n) is 18.5. The monoisotopic (exact) mass is 719 g/mol. The van der Waals surface area contributed by atoms with Crippen LogP contribution in [0, 0.1) is 11.8 Å². The molecule has 0 radical (unpaired) electrons. The number of benzene rings is 2.